The number of ether oxygens (including phenoxy) is 3. The van der Waals surface area contributed by atoms with Crippen LogP contribution < -0.4 is 11.5 Å². The highest BCUT2D eigenvalue weighted by Gasteiger charge is 2.38. The molecule has 4 N–H and O–H groups in total. The van der Waals surface area contributed by atoms with Crippen molar-refractivity contribution in [1.82, 2.24) is 0 Å². The number of hydrogen-bond acceptors (Lipinski definition) is 9. The van der Waals surface area contributed by atoms with Crippen molar-refractivity contribution < 1.29 is 40.6 Å². The lowest BCUT2D eigenvalue weighted by Crippen LogP contribution is -2.33. The largest absolute Gasteiger partial charge is 0.465 e. The Morgan fingerprint density at radius 2 is 1.20 bits per heavy atom. The van der Waals surface area contributed by atoms with Crippen molar-refractivity contribution >= 4 is 37.5 Å². The van der Waals surface area contributed by atoms with Crippen molar-refractivity contribution in [2.45, 2.75) is 62.5 Å². The Morgan fingerprint density at radius 1 is 0.800 bits per heavy atom. The topological polar surface area (TPSA) is 195 Å². The zero-order valence-corrected chi connectivity index (χ0v) is 24.9. The zero-order chi connectivity index (χ0) is 30.4. The first-order valence-electron chi connectivity index (χ1n) is 12.0. The molecule has 0 unspecified atom stereocenters. The molecule has 12 nitrogen and oxygen atoms in total. The minimum atomic E-state index is -3.60. The predicted octanol–water partition coefficient (Wildman–Crippen LogP) is 2.18. The lowest BCUT2D eigenvalue weighted by molar-refractivity contribution is -0.00263. The fraction of sp³-hybridized carbons (Fsp3) is 0.423. The highest BCUT2D eigenvalue weighted by molar-refractivity contribution is 7.91. The number of esters is 1. The van der Waals surface area contributed by atoms with Gasteiger partial charge in [0.1, 0.15) is 0 Å². The van der Waals surface area contributed by atoms with Gasteiger partial charge < -0.3 is 25.7 Å². The maximum absolute atomic E-state index is 12.1. The molecule has 2 aromatic carbocycles. The van der Waals surface area contributed by atoms with Crippen molar-refractivity contribution in [3.63, 3.8) is 0 Å². The Bertz CT molecular complexity index is 1640. The molecule has 2 aliphatic heterocycles. The third-order valence-corrected chi connectivity index (χ3v) is 9.51. The van der Waals surface area contributed by atoms with Gasteiger partial charge in [-0.3, -0.25) is 4.79 Å². The van der Waals surface area contributed by atoms with Gasteiger partial charge in [-0.1, -0.05) is 12.1 Å². The van der Waals surface area contributed by atoms with Crippen molar-refractivity contribution in [1.29, 1.82) is 0 Å². The van der Waals surface area contributed by atoms with Crippen LogP contribution in [-0.2, 0) is 45.1 Å². The molecule has 2 aliphatic rings. The molecule has 0 atom stereocenters. The second kappa shape index (κ2) is 10.6. The van der Waals surface area contributed by atoms with Crippen LogP contribution in [0.25, 0.3) is 0 Å². The second-order valence-corrected chi connectivity index (χ2v) is 14.2. The van der Waals surface area contributed by atoms with Gasteiger partial charge in [-0.15, -0.1) is 0 Å². The van der Waals surface area contributed by atoms with Crippen molar-refractivity contribution in [3.05, 3.63) is 57.6 Å². The molecule has 0 spiro atoms. The quantitative estimate of drug-likeness (QED) is 0.293. The summed E-state index contributed by atoms with van der Waals surface area (Å²) in [5.41, 5.74) is 11.7. The van der Waals surface area contributed by atoms with Crippen molar-refractivity contribution in [3.8, 4) is 0 Å². The molecule has 1 amide bonds. The summed E-state index contributed by atoms with van der Waals surface area (Å²) in [5.74, 6) is -2.39. The average Bonchev–Trinajstić information content (AvgIpc) is 2.84. The van der Waals surface area contributed by atoms with Gasteiger partial charge in [0.2, 0.25) is 19.7 Å². The summed E-state index contributed by atoms with van der Waals surface area (Å²) < 4.78 is 63.8. The normalized spacial score (nSPS) is 19.1. The molecule has 218 valence electrons. The number of hydrogen-bond donors (Lipinski definition) is 2. The molecule has 0 saturated heterocycles. The lowest BCUT2D eigenvalue weighted by Gasteiger charge is -2.33. The second-order valence-electron chi connectivity index (χ2n) is 10.4. The van der Waals surface area contributed by atoms with Crippen LogP contribution in [0.15, 0.2) is 39.0 Å². The van der Waals surface area contributed by atoms with Crippen molar-refractivity contribution in [2.75, 3.05) is 19.0 Å². The summed E-state index contributed by atoms with van der Waals surface area (Å²) in [6, 6.07) is 6.01. The summed E-state index contributed by atoms with van der Waals surface area (Å²) in [6.45, 7) is 10.6. The number of guanidine groups is 1. The summed E-state index contributed by atoms with van der Waals surface area (Å²) in [4.78, 5) is 27.3. The number of aliphatic imine (C=N–C) groups is 1. The zero-order valence-electron chi connectivity index (χ0n) is 23.3. The van der Waals surface area contributed by atoms with E-state index in [9.17, 15) is 26.4 Å². The smallest absolute Gasteiger partial charge is 0.338 e. The third-order valence-electron chi connectivity index (χ3n) is 6.64. The SMILES string of the molecule is COC(=O)c1cc2c(cc1C)C(C)(C)OCS2(=O)=O.Cc1cc2c(cc1C(=O)N=C(N)N)S(=O)(=O)COC2(C)C. The van der Waals surface area contributed by atoms with E-state index in [4.69, 9.17) is 20.9 Å². The molecule has 0 aliphatic carbocycles. The van der Waals surface area contributed by atoms with Crippen LogP contribution in [0.2, 0.25) is 0 Å². The Kier molecular flexibility index (Phi) is 8.25. The van der Waals surface area contributed by atoms with Crippen LogP contribution in [0.5, 0.6) is 0 Å². The number of nitrogens with two attached hydrogens (primary N) is 2. The molecule has 0 bridgehead atoms. The Labute approximate surface area is 233 Å². The molecule has 0 saturated carbocycles. The molecule has 2 aromatic rings. The van der Waals surface area contributed by atoms with E-state index >= 15 is 0 Å². The standard InChI is InChI=1S/C13H17N3O4S.C13H16O5S/c1-7-4-9-10(5-8(7)11(17)16-12(14)15)21(18,19)6-20-13(9,2)3;1-8-5-10-11(6-9(8)12(14)17-4)19(15,16)7-18-13(10,2)3/h4-5H,6H2,1-3H3,(H4,14,15,16,17);5-6H,7H2,1-4H3. The Morgan fingerprint density at radius 3 is 1.60 bits per heavy atom. The Hall–Kier alpha value is -3.33. The Balaban J connectivity index is 0.000000222. The fourth-order valence-electron chi connectivity index (χ4n) is 4.30. The number of carbonyl (C=O) groups excluding carboxylic acids is 2. The van der Waals surface area contributed by atoms with E-state index in [0.717, 1.165) is 0 Å². The number of nitrogens with zero attached hydrogens (tertiary/aromatic N) is 1. The molecule has 0 fully saturated rings. The van der Waals surface area contributed by atoms with Crippen molar-refractivity contribution in [2.24, 2.45) is 16.5 Å². The van der Waals surface area contributed by atoms with E-state index in [2.05, 4.69) is 9.73 Å². The molecule has 4 rings (SSSR count). The average molecular weight is 596 g/mol. The van der Waals surface area contributed by atoms with Crippen LogP contribution in [0.4, 0.5) is 0 Å². The number of fused-ring (bicyclic) bond motifs is 2. The van der Waals surface area contributed by atoms with E-state index in [-0.39, 0.29) is 32.8 Å². The number of rotatable bonds is 2. The highest BCUT2D eigenvalue weighted by atomic mass is 32.2. The maximum Gasteiger partial charge on any atom is 0.338 e. The van der Waals surface area contributed by atoms with Gasteiger partial charge in [-0.25, -0.2) is 21.6 Å². The van der Waals surface area contributed by atoms with E-state index in [1.807, 2.05) is 0 Å². The van der Waals surface area contributed by atoms with Gasteiger partial charge in [-0.05, 0) is 64.8 Å². The van der Waals surface area contributed by atoms with Gasteiger partial charge >= 0.3 is 5.97 Å². The molecule has 40 heavy (non-hydrogen) atoms. The van der Waals surface area contributed by atoms with Gasteiger partial charge in [0.05, 0.1) is 33.7 Å². The summed E-state index contributed by atoms with van der Waals surface area (Å²) in [7, 11) is -5.86. The van der Waals surface area contributed by atoms with E-state index in [1.165, 1.54) is 19.2 Å². The molecular formula is C26H33N3O9S2. The molecule has 0 radical (unpaired) electrons. The van der Waals surface area contributed by atoms with Gasteiger partial charge in [0.15, 0.2) is 17.8 Å². The van der Waals surface area contributed by atoms with Crippen LogP contribution in [-0.4, -0.2) is 53.7 Å². The first-order valence-corrected chi connectivity index (χ1v) is 15.3. The fourth-order valence-corrected chi connectivity index (χ4v) is 7.33. The maximum atomic E-state index is 12.1. The monoisotopic (exact) mass is 595 g/mol. The minimum Gasteiger partial charge on any atom is -0.465 e. The molecule has 2 heterocycles. The van der Waals surface area contributed by atoms with E-state index in [0.29, 0.717) is 22.3 Å². The number of benzene rings is 2. The minimum absolute atomic E-state index is 0.0819. The van der Waals surface area contributed by atoms with Crippen LogP contribution in [0, 0.1) is 13.8 Å². The number of aryl methyl sites for hydroxylation is 2. The van der Waals surface area contributed by atoms with Crippen LogP contribution in [0.3, 0.4) is 0 Å². The van der Waals surface area contributed by atoms with E-state index < -0.39 is 48.7 Å². The summed E-state index contributed by atoms with van der Waals surface area (Å²) in [5, 5.41) is 0. The first kappa shape index (κ1) is 31.2. The third kappa shape index (κ3) is 6.04. The van der Waals surface area contributed by atoms with Gasteiger partial charge in [0.25, 0.3) is 5.91 Å². The van der Waals surface area contributed by atoms with E-state index in [1.54, 1.807) is 53.7 Å². The number of sulfone groups is 2. The van der Waals surface area contributed by atoms with Crippen LogP contribution >= 0.6 is 0 Å². The first-order chi connectivity index (χ1) is 18.2. The highest BCUT2D eigenvalue weighted by Crippen LogP contribution is 2.39. The van der Waals surface area contributed by atoms with Gasteiger partial charge in [-0.2, -0.15) is 4.99 Å². The predicted molar refractivity (Wildman–Crippen MR) is 146 cm³/mol. The number of methoxy groups -OCH3 is 1. The summed E-state index contributed by atoms with van der Waals surface area (Å²) in [6.07, 6.45) is 0. The lowest BCUT2D eigenvalue weighted by atomic mass is 9.93. The summed E-state index contributed by atoms with van der Waals surface area (Å²) >= 11 is 0. The number of amides is 1. The number of carbonyl (C=O) groups is 2. The van der Waals surface area contributed by atoms with Gasteiger partial charge in [0, 0.05) is 16.7 Å². The molecule has 0 aromatic heterocycles. The molecular weight excluding hydrogens is 562 g/mol. The van der Waals surface area contributed by atoms with Crippen LogP contribution in [0.1, 0.15) is 70.7 Å². The molecule has 14 heteroatoms.